The summed E-state index contributed by atoms with van der Waals surface area (Å²) in [6.45, 7) is 0. The number of aromatic nitrogens is 1. The van der Waals surface area contributed by atoms with Crippen LogP contribution in [0.4, 0.5) is 15.9 Å². The summed E-state index contributed by atoms with van der Waals surface area (Å²) in [5.74, 6) is -1.39. The lowest BCUT2D eigenvalue weighted by molar-refractivity contribution is 0.0691. The van der Waals surface area contributed by atoms with Crippen molar-refractivity contribution < 1.29 is 14.3 Å². The molecule has 0 radical (unpaired) electrons. The summed E-state index contributed by atoms with van der Waals surface area (Å²) in [5, 5.41) is 11.7. The van der Waals surface area contributed by atoms with E-state index in [0.717, 1.165) is 0 Å². The average molecular weight is 346 g/mol. The zero-order chi connectivity index (χ0) is 14.0. The van der Waals surface area contributed by atoms with E-state index < -0.39 is 11.8 Å². The molecule has 0 atom stereocenters. The molecule has 0 amide bonds. The number of nitrogens with zero attached hydrogens (tertiary/aromatic N) is 1. The highest BCUT2D eigenvalue weighted by atomic mass is 79.9. The Bertz CT molecular complexity index is 652. The predicted octanol–water partition coefficient (Wildman–Crippen LogP) is 4.08. The van der Waals surface area contributed by atoms with Crippen LogP contribution in [-0.4, -0.2) is 16.1 Å². The molecule has 98 valence electrons. The third kappa shape index (κ3) is 3.21. The van der Waals surface area contributed by atoms with Crippen molar-refractivity contribution in [3.8, 4) is 0 Å². The Morgan fingerprint density at radius 3 is 2.74 bits per heavy atom. The number of pyridine rings is 1. The number of benzene rings is 1. The lowest BCUT2D eigenvalue weighted by Gasteiger charge is -2.07. The number of carboxylic acid groups (broad SMARTS) is 1. The molecule has 1 aromatic heterocycles. The van der Waals surface area contributed by atoms with Crippen LogP contribution in [0.2, 0.25) is 5.02 Å². The summed E-state index contributed by atoms with van der Waals surface area (Å²) >= 11 is 8.74. The SMILES string of the molecule is O=C(O)c1nc(Nc2ccc(Br)c(F)c2)ccc1Cl. The summed E-state index contributed by atoms with van der Waals surface area (Å²) in [6, 6.07) is 7.35. The summed E-state index contributed by atoms with van der Waals surface area (Å²) < 4.78 is 13.7. The lowest BCUT2D eigenvalue weighted by atomic mass is 10.3. The van der Waals surface area contributed by atoms with Gasteiger partial charge >= 0.3 is 5.97 Å². The number of carbonyl (C=O) groups is 1. The van der Waals surface area contributed by atoms with Crippen LogP contribution < -0.4 is 5.32 Å². The van der Waals surface area contributed by atoms with E-state index >= 15 is 0 Å². The fourth-order valence-corrected chi connectivity index (χ4v) is 1.82. The Morgan fingerprint density at radius 1 is 1.37 bits per heavy atom. The largest absolute Gasteiger partial charge is 0.476 e. The Hall–Kier alpha value is -1.66. The molecule has 2 aromatic rings. The van der Waals surface area contributed by atoms with E-state index in [2.05, 4.69) is 26.2 Å². The summed E-state index contributed by atoms with van der Waals surface area (Å²) in [4.78, 5) is 14.7. The van der Waals surface area contributed by atoms with E-state index in [0.29, 0.717) is 10.2 Å². The van der Waals surface area contributed by atoms with Crippen LogP contribution in [0.15, 0.2) is 34.8 Å². The fourth-order valence-electron chi connectivity index (χ4n) is 1.38. The Morgan fingerprint density at radius 2 is 2.11 bits per heavy atom. The molecule has 2 N–H and O–H groups in total. The topological polar surface area (TPSA) is 62.2 Å². The number of rotatable bonds is 3. The molecule has 1 heterocycles. The van der Waals surface area contributed by atoms with Gasteiger partial charge in [-0.05, 0) is 46.3 Å². The van der Waals surface area contributed by atoms with Crippen molar-refractivity contribution >= 4 is 45.0 Å². The molecule has 0 saturated carbocycles. The number of carboxylic acids is 1. The van der Waals surface area contributed by atoms with Gasteiger partial charge < -0.3 is 10.4 Å². The molecule has 0 aliphatic heterocycles. The molecule has 7 heteroatoms. The van der Waals surface area contributed by atoms with Crippen molar-refractivity contribution in [2.24, 2.45) is 0 Å². The van der Waals surface area contributed by atoms with Gasteiger partial charge in [0.05, 0.1) is 9.50 Å². The normalized spacial score (nSPS) is 10.3. The lowest BCUT2D eigenvalue weighted by Crippen LogP contribution is -2.04. The molecule has 0 aliphatic carbocycles. The van der Waals surface area contributed by atoms with E-state index in [1.54, 1.807) is 6.07 Å². The first-order valence-corrected chi connectivity index (χ1v) is 6.26. The predicted molar refractivity (Wildman–Crippen MR) is 73.6 cm³/mol. The Balaban J connectivity index is 2.30. The second kappa shape index (κ2) is 5.54. The minimum atomic E-state index is -1.23. The maximum atomic E-state index is 13.3. The van der Waals surface area contributed by atoms with Crippen LogP contribution in [-0.2, 0) is 0 Å². The number of hydrogen-bond donors (Lipinski definition) is 2. The fraction of sp³-hybridized carbons (Fsp3) is 0. The van der Waals surface area contributed by atoms with Gasteiger partial charge in [0, 0.05) is 5.69 Å². The van der Waals surface area contributed by atoms with Gasteiger partial charge in [0.1, 0.15) is 11.6 Å². The minimum absolute atomic E-state index is 0.0417. The zero-order valence-electron chi connectivity index (χ0n) is 9.32. The van der Waals surface area contributed by atoms with Gasteiger partial charge in [0.25, 0.3) is 0 Å². The van der Waals surface area contributed by atoms with Crippen molar-refractivity contribution in [2.45, 2.75) is 0 Å². The molecule has 1 aromatic carbocycles. The van der Waals surface area contributed by atoms with E-state index in [1.807, 2.05) is 0 Å². The molecule has 0 bridgehead atoms. The highest BCUT2D eigenvalue weighted by molar-refractivity contribution is 9.10. The average Bonchev–Trinajstić information content (AvgIpc) is 2.36. The zero-order valence-corrected chi connectivity index (χ0v) is 11.7. The second-order valence-electron chi connectivity index (χ2n) is 3.59. The maximum absolute atomic E-state index is 13.3. The summed E-state index contributed by atoms with van der Waals surface area (Å²) in [5.41, 5.74) is 0.191. The number of nitrogens with one attached hydrogen (secondary N) is 1. The van der Waals surface area contributed by atoms with Crippen molar-refractivity contribution in [1.82, 2.24) is 4.98 Å². The molecule has 0 spiro atoms. The van der Waals surface area contributed by atoms with Gasteiger partial charge in [0.2, 0.25) is 0 Å². The Kier molecular flexibility index (Phi) is 4.01. The number of hydrogen-bond acceptors (Lipinski definition) is 3. The first kappa shape index (κ1) is 13.8. The highest BCUT2D eigenvalue weighted by Gasteiger charge is 2.11. The first-order valence-electron chi connectivity index (χ1n) is 5.09. The van der Waals surface area contributed by atoms with Crippen molar-refractivity contribution in [1.29, 1.82) is 0 Å². The summed E-state index contributed by atoms with van der Waals surface area (Å²) in [6.07, 6.45) is 0. The first-order chi connectivity index (χ1) is 8.97. The Labute approximate surface area is 121 Å². The van der Waals surface area contributed by atoms with Gasteiger partial charge in [-0.25, -0.2) is 14.2 Å². The maximum Gasteiger partial charge on any atom is 0.356 e. The van der Waals surface area contributed by atoms with Crippen LogP contribution in [0.3, 0.4) is 0 Å². The molecule has 19 heavy (non-hydrogen) atoms. The quantitative estimate of drug-likeness (QED) is 0.880. The van der Waals surface area contributed by atoms with Crippen molar-refractivity contribution in [3.63, 3.8) is 0 Å². The van der Waals surface area contributed by atoms with E-state index in [9.17, 15) is 9.18 Å². The molecule has 0 unspecified atom stereocenters. The third-order valence-electron chi connectivity index (χ3n) is 2.24. The van der Waals surface area contributed by atoms with Crippen molar-refractivity contribution in [3.05, 3.63) is 51.3 Å². The van der Waals surface area contributed by atoms with Gasteiger partial charge in [-0.1, -0.05) is 11.6 Å². The van der Waals surface area contributed by atoms with Crippen LogP contribution in [0.1, 0.15) is 10.5 Å². The van der Waals surface area contributed by atoms with Gasteiger partial charge in [-0.2, -0.15) is 0 Å². The molecule has 4 nitrogen and oxygen atoms in total. The number of anilines is 2. The summed E-state index contributed by atoms with van der Waals surface area (Å²) in [7, 11) is 0. The number of aromatic carboxylic acids is 1. The van der Waals surface area contributed by atoms with Gasteiger partial charge in [-0.15, -0.1) is 0 Å². The monoisotopic (exact) mass is 344 g/mol. The van der Waals surface area contributed by atoms with Crippen molar-refractivity contribution in [2.75, 3.05) is 5.32 Å². The third-order valence-corrected chi connectivity index (χ3v) is 3.19. The second-order valence-corrected chi connectivity index (χ2v) is 4.85. The van der Waals surface area contributed by atoms with E-state index in [-0.39, 0.29) is 16.5 Å². The molecule has 0 aliphatic rings. The van der Waals surface area contributed by atoms with Gasteiger partial charge in [-0.3, -0.25) is 0 Å². The molecule has 0 saturated heterocycles. The van der Waals surface area contributed by atoms with E-state index in [1.165, 1.54) is 24.3 Å². The van der Waals surface area contributed by atoms with Crippen LogP contribution in [0, 0.1) is 5.82 Å². The van der Waals surface area contributed by atoms with Gasteiger partial charge in [0.15, 0.2) is 5.69 Å². The minimum Gasteiger partial charge on any atom is -0.476 e. The van der Waals surface area contributed by atoms with Crippen LogP contribution >= 0.6 is 27.5 Å². The van der Waals surface area contributed by atoms with E-state index in [4.69, 9.17) is 16.7 Å². The smallest absolute Gasteiger partial charge is 0.356 e. The molecular formula is C12H7BrClFN2O2. The molecular weight excluding hydrogens is 338 g/mol. The highest BCUT2D eigenvalue weighted by Crippen LogP contribution is 2.23. The molecule has 2 rings (SSSR count). The van der Waals surface area contributed by atoms with Crippen LogP contribution in [0.5, 0.6) is 0 Å². The van der Waals surface area contributed by atoms with Crippen LogP contribution in [0.25, 0.3) is 0 Å². The number of halogens is 3. The standard InChI is InChI=1S/C12H7BrClFN2O2/c13-7-2-1-6(5-9(7)15)16-10-4-3-8(14)11(17-10)12(18)19/h1-5H,(H,16,17)(H,18,19). The molecule has 0 fully saturated rings.